The van der Waals surface area contributed by atoms with Gasteiger partial charge >= 0.3 is 5.97 Å². The van der Waals surface area contributed by atoms with Crippen molar-refractivity contribution in [3.8, 4) is 11.1 Å². The number of aliphatic carboxylic acids is 1. The standard InChI is InChI=1S/C16H11ClF3NO3/c17-9-3-1-8(2-4-9)10-7-11(18)14(16(20)15(10)19)12(21-24)5-6-13(22)23/h1-4,7,24H,5-6H2,(H,22,23). The predicted octanol–water partition coefficient (Wildman–Crippen LogP) is 4.47. The molecule has 0 amide bonds. The summed E-state index contributed by atoms with van der Waals surface area (Å²) in [5, 5.41) is 20.5. The molecule has 0 aliphatic rings. The summed E-state index contributed by atoms with van der Waals surface area (Å²) in [7, 11) is 0. The Kier molecular flexibility index (Phi) is 5.46. The summed E-state index contributed by atoms with van der Waals surface area (Å²) in [6, 6.07) is 6.42. The van der Waals surface area contributed by atoms with Crippen molar-refractivity contribution >= 4 is 23.3 Å². The first kappa shape index (κ1) is 17.8. The van der Waals surface area contributed by atoms with E-state index in [1.807, 2.05) is 0 Å². The van der Waals surface area contributed by atoms with Gasteiger partial charge in [-0.1, -0.05) is 28.9 Å². The van der Waals surface area contributed by atoms with Gasteiger partial charge < -0.3 is 10.3 Å². The van der Waals surface area contributed by atoms with E-state index in [1.54, 1.807) is 0 Å². The van der Waals surface area contributed by atoms with Gasteiger partial charge in [0.1, 0.15) is 5.82 Å². The molecule has 0 bridgehead atoms. The molecule has 0 unspecified atom stereocenters. The van der Waals surface area contributed by atoms with Gasteiger partial charge in [0.05, 0.1) is 17.7 Å². The Morgan fingerprint density at radius 2 is 1.71 bits per heavy atom. The monoisotopic (exact) mass is 357 g/mol. The number of hydrogen-bond acceptors (Lipinski definition) is 3. The van der Waals surface area contributed by atoms with Crippen LogP contribution in [0.3, 0.4) is 0 Å². The molecule has 0 heterocycles. The lowest BCUT2D eigenvalue weighted by Gasteiger charge is -2.11. The first-order chi connectivity index (χ1) is 11.3. The fourth-order valence-corrected chi connectivity index (χ4v) is 2.28. The van der Waals surface area contributed by atoms with Crippen molar-refractivity contribution in [2.75, 3.05) is 0 Å². The van der Waals surface area contributed by atoms with Crippen LogP contribution < -0.4 is 0 Å². The summed E-state index contributed by atoms with van der Waals surface area (Å²) in [4.78, 5) is 10.5. The fraction of sp³-hybridized carbons (Fsp3) is 0.125. The second-order valence-corrected chi connectivity index (χ2v) is 5.29. The van der Waals surface area contributed by atoms with Gasteiger partial charge in [0.15, 0.2) is 11.6 Å². The van der Waals surface area contributed by atoms with Crippen LogP contribution in [0.4, 0.5) is 13.2 Å². The molecule has 0 aromatic heterocycles. The SMILES string of the molecule is O=C(O)CCC(=NO)c1c(F)cc(-c2ccc(Cl)cc2)c(F)c1F. The molecule has 0 fully saturated rings. The summed E-state index contributed by atoms with van der Waals surface area (Å²) in [5.74, 6) is -5.32. The van der Waals surface area contributed by atoms with E-state index in [0.717, 1.165) is 6.07 Å². The number of hydrogen-bond donors (Lipinski definition) is 2. The summed E-state index contributed by atoms with van der Waals surface area (Å²) in [6.45, 7) is 0. The van der Waals surface area contributed by atoms with Crippen molar-refractivity contribution in [2.24, 2.45) is 5.16 Å². The highest BCUT2D eigenvalue weighted by Crippen LogP contribution is 2.30. The minimum absolute atomic E-state index is 0.203. The lowest BCUT2D eigenvalue weighted by atomic mass is 9.98. The van der Waals surface area contributed by atoms with E-state index < -0.39 is 47.5 Å². The third kappa shape index (κ3) is 3.68. The van der Waals surface area contributed by atoms with E-state index in [4.69, 9.17) is 21.9 Å². The molecule has 8 heteroatoms. The minimum Gasteiger partial charge on any atom is -0.481 e. The highest BCUT2D eigenvalue weighted by atomic mass is 35.5. The maximum Gasteiger partial charge on any atom is 0.303 e. The number of carboxylic acids is 1. The molecule has 2 N–H and O–H groups in total. The minimum atomic E-state index is -1.56. The molecule has 0 atom stereocenters. The number of oxime groups is 1. The molecule has 0 radical (unpaired) electrons. The first-order valence-corrected chi connectivity index (χ1v) is 7.09. The Balaban J connectivity index is 2.51. The Morgan fingerprint density at radius 3 is 2.25 bits per heavy atom. The molecule has 0 aliphatic carbocycles. The molecule has 4 nitrogen and oxygen atoms in total. The van der Waals surface area contributed by atoms with Crippen molar-refractivity contribution in [1.29, 1.82) is 0 Å². The van der Waals surface area contributed by atoms with Gasteiger partial charge in [-0.15, -0.1) is 0 Å². The second kappa shape index (κ2) is 7.35. The molecular weight excluding hydrogens is 347 g/mol. The van der Waals surface area contributed by atoms with Gasteiger partial charge in [-0.05, 0) is 23.8 Å². The van der Waals surface area contributed by atoms with Crippen LogP contribution in [-0.2, 0) is 4.79 Å². The van der Waals surface area contributed by atoms with E-state index in [0.29, 0.717) is 5.02 Å². The van der Waals surface area contributed by atoms with E-state index in [2.05, 4.69) is 5.16 Å². The van der Waals surface area contributed by atoms with Crippen molar-refractivity contribution in [3.63, 3.8) is 0 Å². The number of carbonyl (C=O) groups is 1. The molecule has 2 aromatic carbocycles. The molecule has 2 rings (SSSR count). The van der Waals surface area contributed by atoms with Gasteiger partial charge in [0.25, 0.3) is 0 Å². The first-order valence-electron chi connectivity index (χ1n) is 6.71. The Labute approximate surface area is 139 Å². The average molecular weight is 358 g/mol. The lowest BCUT2D eigenvalue weighted by molar-refractivity contribution is -0.136. The van der Waals surface area contributed by atoms with Crippen LogP contribution in [-0.4, -0.2) is 22.0 Å². The molecule has 2 aromatic rings. The zero-order valence-electron chi connectivity index (χ0n) is 12.1. The molecular formula is C16H11ClF3NO3. The van der Waals surface area contributed by atoms with Crippen molar-refractivity contribution < 1.29 is 28.3 Å². The molecule has 0 saturated heterocycles. The second-order valence-electron chi connectivity index (χ2n) is 4.86. The van der Waals surface area contributed by atoms with Crippen LogP contribution in [0.1, 0.15) is 18.4 Å². The summed E-state index contributed by atoms with van der Waals surface area (Å²) in [6.07, 6.45) is -0.988. The summed E-state index contributed by atoms with van der Waals surface area (Å²) >= 11 is 5.71. The maximum absolute atomic E-state index is 14.3. The van der Waals surface area contributed by atoms with E-state index >= 15 is 0 Å². The van der Waals surface area contributed by atoms with Crippen LogP contribution in [0, 0.1) is 17.5 Å². The number of benzene rings is 2. The van der Waals surface area contributed by atoms with Gasteiger partial charge in [-0.3, -0.25) is 4.79 Å². The quantitative estimate of drug-likeness (QED) is 0.359. The van der Waals surface area contributed by atoms with Gasteiger partial charge in [-0.25, -0.2) is 13.2 Å². The molecule has 126 valence electrons. The number of halogens is 4. The predicted molar refractivity (Wildman–Crippen MR) is 82.0 cm³/mol. The van der Waals surface area contributed by atoms with Crippen LogP contribution in [0.15, 0.2) is 35.5 Å². The van der Waals surface area contributed by atoms with Crippen LogP contribution in [0.25, 0.3) is 11.1 Å². The lowest BCUT2D eigenvalue weighted by Crippen LogP contribution is -2.12. The largest absolute Gasteiger partial charge is 0.481 e. The van der Waals surface area contributed by atoms with Gasteiger partial charge in [0.2, 0.25) is 0 Å². The third-order valence-corrected chi connectivity index (χ3v) is 3.55. The van der Waals surface area contributed by atoms with E-state index in [-0.39, 0.29) is 11.1 Å². The number of rotatable bonds is 5. The van der Waals surface area contributed by atoms with Crippen LogP contribution in [0.2, 0.25) is 5.02 Å². The van der Waals surface area contributed by atoms with Crippen molar-refractivity contribution in [1.82, 2.24) is 0 Å². The van der Waals surface area contributed by atoms with Crippen LogP contribution in [0.5, 0.6) is 0 Å². The Hall–Kier alpha value is -2.54. The molecule has 0 spiro atoms. The van der Waals surface area contributed by atoms with Gasteiger partial charge in [-0.2, -0.15) is 0 Å². The molecule has 0 aliphatic heterocycles. The van der Waals surface area contributed by atoms with E-state index in [9.17, 15) is 18.0 Å². The Morgan fingerprint density at radius 1 is 1.08 bits per heavy atom. The van der Waals surface area contributed by atoms with E-state index in [1.165, 1.54) is 24.3 Å². The van der Waals surface area contributed by atoms with Crippen molar-refractivity contribution in [2.45, 2.75) is 12.8 Å². The number of carboxylic acid groups (broad SMARTS) is 1. The summed E-state index contributed by atoms with van der Waals surface area (Å²) < 4.78 is 42.8. The van der Waals surface area contributed by atoms with Crippen molar-refractivity contribution in [3.05, 3.63) is 58.4 Å². The topological polar surface area (TPSA) is 69.9 Å². The zero-order valence-corrected chi connectivity index (χ0v) is 12.8. The Bertz CT molecular complexity index is 807. The number of nitrogens with zero attached hydrogens (tertiary/aromatic N) is 1. The highest BCUT2D eigenvalue weighted by Gasteiger charge is 2.24. The third-order valence-electron chi connectivity index (χ3n) is 3.30. The maximum atomic E-state index is 14.3. The molecule has 0 saturated carbocycles. The smallest absolute Gasteiger partial charge is 0.303 e. The van der Waals surface area contributed by atoms with Crippen LogP contribution >= 0.6 is 11.6 Å². The summed E-state index contributed by atoms with van der Waals surface area (Å²) in [5.41, 5.74) is -1.61. The fourth-order valence-electron chi connectivity index (χ4n) is 2.15. The average Bonchev–Trinajstić information content (AvgIpc) is 2.54. The van der Waals surface area contributed by atoms with Gasteiger partial charge in [0, 0.05) is 17.0 Å². The molecule has 24 heavy (non-hydrogen) atoms. The highest BCUT2D eigenvalue weighted by molar-refractivity contribution is 6.30. The normalized spacial score (nSPS) is 11.6. The zero-order chi connectivity index (χ0) is 17.9.